The zero-order valence-electron chi connectivity index (χ0n) is 13.0. The Morgan fingerprint density at radius 3 is 1.52 bits per heavy atom. The van der Waals surface area contributed by atoms with Crippen LogP contribution in [0.1, 0.15) is 39.5 Å². The fourth-order valence-corrected chi connectivity index (χ4v) is 1.69. The summed E-state index contributed by atoms with van der Waals surface area (Å²) < 4.78 is 0. The molecular formula is C14H29N3O4. The molecule has 0 aromatic heterocycles. The molecule has 0 spiro atoms. The Labute approximate surface area is 126 Å². The van der Waals surface area contributed by atoms with Crippen LogP contribution in [-0.4, -0.2) is 60.4 Å². The Morgan fingerprint density at radius 2 is 1.19 bits per heavy atom. The number of rotatable bonds is 12. The second-order valence-electron chi connectivity index (χ2n) is 5.26. The minimum absolute atomic E-state index is 0.133. The summed E-state index contributed by atoms with van der Waals surface area (Å²) in [6, 6.07) is 0. The molecule has 21 heavy (non-hydrogen) atoms. The van der Waals surface area contributed by atoms with Gasteiger partial charge in [-0.15, -0.1) is 0 Å². The SMILES string of the molecule is C[C@@H](O)CC(=O)NCCCNCCCNC(=O)C[C@@H](C)O. The molecule has 0 aliphatic carbocycles. The van der Waals surface area contributed by atoms with Crippen molar-refractivity contribution in [3.63, 3.8) is 0 Å². The van der Waals surface area contributed by atoms with Crippen LogP contribution < -0.4 is 16.0 Å². The van der Waals surface area contributed by atoms with Crippen molar-refractivity contribution in [3.8, 4) is 0 Å². The van der Waals surface area contributed by atoms with Crippen molar-refractivity contribution >= 4 is 11.8 Å². The number of aliphatic hydroxyl groups is 2. The fourth-order valence-electron chi connectivity index (χ4n) is 1.69. The number of nitrogens with one attached hydrogen (secondary N) is 3. The molecule has 0 bridgehead atoms. The van der Waals surface area contributed by atoms with Gasteiger partial charge in [-0.3, -0.25) is 9.59 Å². The number of carbonyl (C=O) groups is 2. The molecule has 2 atom stereocenters. The second kappa shape index (κ2) is 12.6. The van der Waals surface area contributed by atoms with Crippen LogP contribution in [0.25, 0.3) is 0 Å². The minimum atomic E-state index is -0.604. The standard InChI is InChI=1S/C14H29N3O4/c1-11(18)9-13(20)16-7-3-5-15-6-4-8-17-14(21)10-12(2)19/h11-12,15,18-19H,3-10H2,1-2H3,(H,16,20)(H,17,21)/t11-,12-/m1/s1. The predicted molar refractivity (Wildman–Crippen MR) is 80.7 cm³/mol. The van der Waals surface area contributed by atoms with E-state index in [1.54, 1.807) is 13.8 Å². The lowest BCUT2D eigenvalue weighted by molar-refractivity contribution is -0.123. The average molecular weight is 303 g/mol. The van der Waals surface area contributed by atoms with Gasteiger partial charge in [0.05, 0.1) is 25.0 Å². The zero-order valence-corrected chi connectivity index (χ0v) is 13.0. The van der Waals surface area contributed by atoms with Crippen molar-refractivity contribution in [2.75, 3.05) is 26.2 Å². The molecule has 0 aliphatic heterocycles. The van der Waals surface area contributed by atoms with E-state index in [-0.39, 0.29) is 24.7 Å². The summed E-state index contributed by atoms with van der Waals surface area (Å²) >= 11 is 0. The van der Waals surface area contributed by atoms with E-state index in [4.69, 9.17) is 10.2 Å². The fraction of sp³-hybridized carbons (Fsp3) is 0.857. The highest BCUT2D eigenvalue weighted by Gasteiger charge is 2.05. The van der Waals surface area contributed by atoms with E-state index >= 15 is 0 Å². The first-order valence-corrected chi connectivity index (χ1v) is 7.52. The lowest BCUT2D eigenvalue weighted by Gasteiger charge is -2.08. The van der Waals surface area contributed by atoms with E-state index in [1.165, 1.54) is 0 Å². The molecule has 0 rings (SSSR count). The van der Waals surface area contributed by atoms with Gasteiger partial charge in [0.15, 0.2) is 0 Å². The molecule has 5 N–H and O–H groups in total. The quantitative estimate of drug-likeness (QED) is 0.301. The highest BCUT2D eigenvalue weighted by Crippen LogP contribution is 1.89. The Balaban J connectivity index is 3.26. The number of amides is 2. The number of hydrogen-bond acceptors (Lipinski definition) is 5. The second-order valence-corrected chi connectivity index (χ2v) is 5.26. The van der Waals surface area contributed by atoms with Crippen molar-refractivity contribution in [2.45, 2.75) is 51.7 Å². The van der Waals surface area contributed by atoms with Gasteiger partial charge in [0.2, 0.25) is 11.8 Å². The molecule has 2 amide bonds. The van der Waals surface area contributed by atoms with E-state index in [0.717, 1.165) is 25.9 Å². The molecular weight excluding hydrogens is 274 g/mol. The molecule has 0 radical (unpaired) electrons. The van der Waals surface area contributed by atoms with Gasteiger partial charge >= 0.3 is 0 Å². The van der Waals surface area contributed by atoms with Crippen molar-refractivity contribution in [3.05, 3.63) is 0 Å². The first kappa shape index (κ1) is 19.8. The summed E-state index contributed by atoms with van der Waals surface area (Å²) in [4.78, 5) is 22.4. The monoisotopic (exact) mass is 303 g/mol. The third-order valence-electron chi connectivity index (χ3n) is 2.67. The molecule has 0 saturated carbocycles. The van der Waals surface area contributed by atoms with Gasteiger partial charge in [0.1, 0.15) is 0 Å². The Bertz CT molecular complexity index is 268. The summed E-state index contributed by atoms with van der Waals surface area (Å²) in [5, 5.41) is 26.7. The molecule has 124 valence electrons. The lowest BCUT2D eigenvalue weighted by Crippen LogP contribution is -2.31. The molecule has 0 fully saturated rings. The maximum Gasteiger partial charge on any atom is 0.222 e. The minimum Gasteiger partial charge on any atom is -0.393 e. The number of carbonyl (C=O) groups excluding carboxylic acids is 2. The third-order valence-corrected chi connectivity index (χ3v) is 2.67. The molecule has 7 heteroatoms. The van der Waals surface area contributed by atoms with Gasteiger partial charge in [-0.1, -0.05) is 0 Å². The molecule has 7 nitrogen and oxygen atoms in total. The Kier molecular flexibility index (Phi) is 11.8. The van der Waals surface area contributed by atoms with Crippen molar-refractivity contribution < 1.29 is 19.8 Å². The molecule has 0 heterocycles. The van der Waals surface area contributed by atoms with E-state index in [9.17, 15) is 9.59 Å². The summed E-state index contributed by atoms with van der Waals surface area (Å²) in [7, 11) is 0. The van der Waals surface area contributed by atoms with Crippen LogP contribution in [0.2, 0.25) is 0 Å². The van der Waals surface area contributed by atoms with Crippen LogP contribution in [0.4, 0.5) is 0 Å². The largest absolute Gasteiger partial charge is 0.393 e. The van der Waals surface area contributed by atoms with E-state index < -0.39 is 12.2 Å². The van der Waals surface area contributed by atoms with Gasteiger partial charge in [0.25, 0.3) is 0 Å². The van der Waals surface area contributed by atoms with Crippen LogP contribution in [0, 0.1) is 0 Å². The predicted octanol–water partition coefficient (Wildman–Crippen LogP) is -0.870. The average Bonchev–Trinajstić information content (AvgIpc) is 2.34. The summed E-state index contributed by atoms with van der Waals surface area (Å²) in [5.74, 6) is -0.267. The van der Waals surface area contributed by atoms with Gasteiger partial charge in [0, 0.05) is 13.1 Å². The number of hydrogen-bond donors (Lipinski definition) is 5. The summed E-state index contributed by atoms with van der Waals surface area (Å²) in [6.07, 6.45) is 0.707. The van der Waals surface area contributed by atoms with Gasteiger partial charge < -0.3 is 26.2 Å². The van der Waals surface area contributed by atoms with Crippen molar-refractivity contribution in [1.82, 2.24) is 16.0 Å². The van der Waals surface area contributed by atoms with Crippen LogP contribution in [0.15, 0.2) is 0 Å². The van der Waals surface area contributed by atoms with Crippen molar-refractivity contribution in [1.29, 1.82) is 0 Å². The normalized spacial score (nSPS) is 13.5. The van der Waals surface area contributed by atoms with E-state index in [1.807, 2.05) is 0 Å². The molecule has 0 saturated heterocycles. The first-order chi connectivity index (χ1) is 9.91. The topological polar surface area (TPSA) is 111 Å². The highest BCUT2D eigenvalue weighted by atomic mass is 16.3. The highest BCUT2D eigenvalue weighted by molar-refractivity contribution is 5.76. The Hall–Kier alpha value is -1.18. The molecule has 0 aromatic rings. The number of aliphatic hydroxyl groups excluding tert-OH is 2. The van der Waals surface area contributed by atoms with E-state index in [2.05, 4.69) is 16.0 Å². The zero-order chi connectivity index (χ0) is 16.1. The first-order valence-electron chi connectivity index (χ1n) is 7.52. The van der Waals surface area contributed by atoms with E-state index in [0.29, 0.717) is 13.1 Å². The molecule has 0 aliphatic rings. The summed E-state index contributed by atoms with van der Waals surface area (Å²) in [6.45, 7) is 5.92. The van der Waals surface area contributed by atoms with Crippen LogP contribution in [-0.2, 0) is 9.59 Å². The van der Waals surface area contributed by atoms with Gasteiger partial charge in [-0.2, -0.15) is 0 Å². The van der Waals surface area contributed by atoms with Gasteiger partial charge in [-0.05, 0) is 39.8 Å². The molecule has 0 unspecified atom stereocenters. The van der Waals surface area contributed by atoms with Crippen molar-refractivity contribution in [2.24, 2.45) is 0 Å². The van der Waals surface area contributed by atoms with Gasteiger partial charge in [-0.25, -0.2) is 0 Å². The third kappa shape index (κ3) is 15.0. The molecule has 0 aromatic carbocycles. The summed E-state index contributed by atoms with van der Waals surface area (Å²) in [5.41, 5.74) is 0. The van der Waals surface area contributed by atoms with Crippen LogP contribution in [0.5, 0.6) is 0 Å². The Morgan fingerprint density at radius 1 is 0.810 bits per heavy atom. The van der Waals surface area contributed by atoms with Crippen LogP contribution >= 0.6 is 0 Å². The maximum absolute atomic E-state index is 11.2. The lowest BCUT2D eigenvalue weighted by atomic mass is 10.2. The van der Waals surface area contributed by atoms with Crippen LogP contribution in [0.3, 0.4) is 0 Å². The maximum atomic E-state index is 11.2. The smallest absolute Gasteiger partial charge is 0.222 e.